The van der Waals surface area contributed by atoms with Gasteiger partial charge in [0.05, 0.1) is 12.7 Å². The standard InChI is InChI=1S/C14H19N5O2/c1-9-6-16-13(21-9)8-19-4-2-3-10(7-19)11-5-12(14(15)20)18-17-11/h5-6,10H,2-4,7-8H2,1H3,(H2,15,20)(H,17,18)/t10-/m1/s1. The van der Waals surface area contributed by atoms with Crippen LogP contribution in [-0.2, 0) is 6.54 Å². The van der Waals surface area contributed by atoms with Gasteiger partial charge in [-0.3, -0.25) is 14.8 Å². The van der Waals surface area contributed by atoms with Crippen molar-refractivity contribution in [1.82, 2.24) is 20.1 Å². The maximum absolute atomic E-state index is 11.1. The first-order valence-corrected chi connectivity index (χ1v) is 7.10. The summed E-state index contributed by atoms with van der Waals surface area (Å²) in [5.74, 6) is 1.41. The van der Waals surface area contributed by atoms with Crippen molar-refractivity contribution < 1.29 is 9.21 Å². The van der Waals surface area contributed by atoms with Crippen molar-refractivity contribution in [2.75, 3.05) is 13.1 Å². The summed E-state index contributed by atoms with van der Waals surface area (Å²) < 4.78 is 5.53. The van der Waals surface area contributed by atoms with Crippen LogP contribution in [0.2, 0.25) is 0 Å². The van der Waals surface area contributed by atoms with Crippen molar-refractivity contribution in [1.29, 1.82) is 0 Å². The van der Waals surface area contributed by atoms with E-state index in [-0.39, 0.29) is 0 Å². The number of amides is 1. The summed E-state index contributed by atoms with van der Waals surface area (Å²) in [5, 5.41) is 6.88. The molecule has 1 aliphatic heterocycles. The van der Waals surface area contributed by atoms with E-state index >= 15 is 0 Å². The fraction of sp³-hybridized carbons (Fsp3) is 0.500. The Morgan fingerprint density at radius 1 is 1.62 bits per heavy atom. The van der Waals surface area contributed by atoms with Crippen molar-refractivity contribution in [2.24, 2.45) is 5.73 Å². The molecule has 0 bridgehead atoms. The topological polar surface area (TPSA) is 101 Å². The van der Waals surface area contributed by atoms with Crippen LogP contribution in [0.25, 0.3) is 0 Å². The van der Waals surface area contributed by atoms with Crippen molar-refractivity contribution in [3.05, 3.63) is 35.3 Å². The number of piperidine rings is 1. The van der Waals surface area contributed by atoms with Gasteiger partial charge in [-0.05, 0) is 32.4 Å². The number of hydrogen-bond acceptors (Lipinski definition) is 5. The predicted molar refractivity (Wildman–Crippen MR) is 75.6 cm³/mol. The Morgan fingerprint density at radius 3 is 3.14 bits per heavy atom. The quantitative estimate of drug-likeness (QED) is 0.880. The van der Waals surface area contributed by atoms with E-state index in [2.05, 4.69) is 20.1 Å². The molecule has 2 aromatic rings. The lowest BCUT2D eigenvalue weighted by atomic mass is 9.94. The van der Waals surface area contributed by atoms with Crippen molar-refractivity contribution in [2.45, 2.75) is 32.2 Å². The number of carbonyl (C=O) groups excluding carboxylic acids is 1. The Bertz CT molecular complexity index is 633. The minimum Gasteiger partial charge on any atom is -0.445 e. The Hall–Kier alpha value is -2.15. The lowest BCUT2D eigenvalue weighted by Crippen LogP contribution is -2.34. The number of likely N-dealkylation sites (tertiary alicyclic amines) is 1. The molecule has 0 radical (unpaired) electrons. The Labute approximate surface area is 122 Å². The van der Waals surface area contributed by atoms with Gasteiger partial charge in [0, 0.05) is 18.2 Å². The van der Waals surface area contributed by atoms with Crippen molar-refractivity contribution in [3.8, 4) is 0 Å². The normalized spacial score (nSPS) is 19.8. The summed E-state index contributed by atoms with van der Waals surface area (Å²) in [6.45, 7) is 4.52. The Morgan fingerprint density at radius 2 is 2.48 bits per heavy atom. The van der Waals surface area contributed by atoms with Crippen LogP contribution in [0.5, 0.6) is 0 Å². The molecule has 1 aliphatic rings. The van der Waals surface area contributed by atoms with E-state index in [1.165, 1.54) is 0 Å². The maximum atomic E-state index is 11.1. The third-order valence-corrected chi connectivity index (χ3v) is 3.82. The van der Waals surface area contributed by atoms with Gasteiger partial charge in [-0.25, -0.2) is 4.98 Å². The molecule has 0 unspecified atom stereocenters. The number of hydrogen-bond donors (Lipinski definition) is 2. The van der Waals surface area contributed by atoms with E-state index in [4.69, 9.17) is 10.2 Å². The fourth-order valence-corrected chi connectivity index (χ4v) is 2.79. The number of nitrogens with one attached hydrogen (secondary N) is 1. The molecular weight excluding hydrogens is 270 g/mol. The number of oxazole rings is 1. The molecule has 112 valence electrons. The third-order valence-electron chi connectivity index (χ3n) is 3.82. The molecule has 0 saturated carbocycles. The van der Waals surface area contributed by atoms with Gasteiger partial charge in [0.25, 0.3) is 5.91 Å². The molecule has 2 aromatic heterocycles. The average Bonchev–Trinajstić information content (AvgIpc) is 3.08. The van der Waals surface area contributed by atoms with E-state index < -0.39 is 5.91 Å². The van der Waals surface area contributed by atoms with Gasteiger partial charge in [-0.1, -0.05) is 0 Å². The molecule has 1 amide bonds. The molecule has 0 aliphatic carbocycles. The summed E-state index contributed by atoms with van der Waals surface area (Å²) in [7, 11) is 0. The van der Waals surface area contributed by atoms with Gasteiger partial charge >= 0.3 is 0 Å². The van der Waals surface area contributed by atoms with Crippen molar-refractivity contribution >= 4 is 5.91 Å². The summed E-state index contributed by atoms with van der Waals surface area (Å²) in [4.78, 5) is 17.7. The molecule has 0 aromatic carbocycles. The molecule has 3 rings (SSSR count). The fourth-order valence-electron chi connectivity index (χ4n) is 2.79. The maximum Gasteiger partial charge on any atom is 0.269 e. The first-order valence-electron chi connectivity index (χ1n) is 7.10. The van der Waals surface area contributed by atoms with Crippen LogP contribution in [0, 0.1) is 6.92 Å². The number of aromatic amines is 1. The highest BCUT2D eigenvalue weighted by Crippen LogP contribution is 2.26. The van der Waals surface area contributed by atoms with Gasteiger partial charge < -0.3 is 10.2 Å². The second-order valence-corrected chi connectivity index (χ2v) is 5.51. The van der Waals surface area contributed by atoms with Crippen LogP contribution in [0.4, 0.5) is 0 Å². The summed E-state index contributed by atoms with van der Waals surface area (Å²) in [6.07, 6.45) is 3.90. The number of rotatable bonds is 4. The highest BCUT2D eigenvalue weighted by Gasteiger charge is 2.24. The summed E-state index contributed by atoms with van der Waals surface area (Å²) in [6, 6.07) is 1.76. The first-order chi connectivity index (χ1) is 10.1. The summed E-state index contributed by atoms with van der Waals surface area (Å²) in [5.41, 5.74) is 6.50. The number of aryl methyl sites for hydroxylation is 1. The molecular formula is C14H19N5O2. The van der Waals surface area contributed by atoms with E-state index in [0.717, 1.165) is 43.3 Å². The van der Waals surface area contributed by atoms with Crippen LogP contribution >= 0.6 is 0 Å². The number of primary amides is 1. The van der Waals surface area contributed by atoms with Crippen LogP contribution in [0.1, 0.15) is 46.6 Å². The molecule has 3 N–H and O–H groups in total. The molecule has 7 nitrogen and oxygen atoms in total. The van der Waals surface area contributed by atoms with E-state index in [9.17, 15) is 4.79 Å². The lowest BCUT2D eigenvalue weighted by Gasteiger charge is -2.31. The zero-order valence-corrected chi connectivity index (χ0v) is 12.0. The van der Waals surface area contributed by atoms with Gasteiger partial charge in [0.15, 0.2) is 0 Å². The van der Waals surface area contributed by atoms with Crippen LogP contribution in [-0.4, -0.2) is 39.1 Å². The number of nitrogens with two attached hydrogens (primary N) is 1. The van der Waals surface area contributed by atoms with Crippen LogP contribution in [0.15, 0.2) is 16.7 Å². The summed E-state index contributed by atoms with van der Waals surface area (Å²) >= 11 is 0. The zero-order chi connectivity index (χ0) is 14.8. The molecule has 3 heterocycles. The van der Waals surface area contributed by atoms with E-state index in [0.29, 0.717) is 18.2 Å². The predicted octanol–water partition coefficient (Wildman–Crippen LogP) is 1.18. The van der Waals surface area contributed by atoms with E-state index in [1.54, 1.807) is 12.3 Å². The van der Waals surface area contributed by atoms with Gasteiger partial charge in [0.1, 0.15) is 11.5 Å². The number of carbonyl (C=O) groups is 1. The van der Waals surface area contributed by atoms with E-state index in [1.807, 2.05) is 6.92 Å². The highest BCUT2D eigenvalue weighted by molar-refractivity contribution is 5.90. The molecule has 7 heteroatoms. The Kier molecular flexibility index (Phi) is 3.74. The smallest absolute Gasteiger partial charge is 0.269 e. The SMILES string of the molecule is Cc1cnc(CN2CCC[C@@H](c3cc(C(N)=O)n[nH]3)C2)o1. The lowest BCUT2D eigenvalue weighted by molar-refractivity contribution is 0.0995. The number of nitrogens with zero attached hydrogens (tertiary/aromatic N) is 3. The average molecular weight is 289 g/mol. The number of H-pyrrole nitrogens is 1. The molecule has 1 fully saturated rings. The minimum atomic E-state index is -0.500. The molecule has 1 saturated heterocycles. The van der Waals surface area contributed by atoms with Crippen LogP contribution < -0.4 is 5.73 Å². The van der Waals surface area contributed by atoms with Crippen molar-refractivity contribution in [3.63, 3.8) is 0 Å². The second-order valence-electron chi connectivity index (χ2n) is 5.51. The second kappa shape index (κ2) is 5.69. The molecule has 21 heavy (non-hydrogen) atoms. The monoisotopic (exact) mass is 289 g/mol. The third kappa shape index (κ3) is 3.13. The van der Waals surface area contributed by atoms with Gasteiger partial charge in [-0.2, -0.15) is 5.10 Å². The molecule has 1 atom stereocenters. The largest absolute Gasteiger partial charge is 0.445 e. The van der Waals surface area contributed by atoms with Gasteiger partial charge in [0.2, 0.25) is 5.89 Å². The highest BCUT2D eigenvalue weighted by atomic mass is 16.4. The minimum absolute atomic E-state index is 0.297. The zero-order valence-electron chi connectivity index (χ0n) is 12.0. The molecule has 0 spiro atoms. The number of aromatic nitrogens is 3. The Balaban J connectivity index is 1.66. The first kappa shape index (κ1) is 13.8. The van der Waals surface area contributed by atoms with Gasteiger partial charge in [-0.15, -0.1) is 0 Å². The van der Waals surface area contributed by atoms with Crippen LogP contribution in [0.3, 0.4) is 0 Å².